The topological polar surface area (TPSA) is 97.9 Å². The molecule has 1 saturated carbocycles. The lowest BCUT2D eigenvalue weighted by molar-refractivity contribution is -0.138. The Labute approximate surface area is 260 Å². The van der Waals surface area contributed by atoms with Crippen LogP contribution in [0, 0.1) is 19.8 Å². The number of hydrogen-bond acceptors (Lipinski definition) is 6. The molecule has 1 atom stereocenters. The van der Waals surface area contributed by atoms with Crippen molar-refractivity contribution >= 4 is 27.7 Å². The van der Waals surface area contributed by atoms with Crippen molar-refractivity contribution in [1.82, 2.24) is 29.2 Å². The zero-order valence-electron chi connectivity index (χ0n) is 24.6. The number of nitrogens with one attached hydrogen (secondary N) is 1. The van der Waals surface area contributed by atoms with Gasteiger partial charge < -0.3 is 10.2 Å². The van der Waals surface area contributed by atoms with Gasteiger partial charge in [-0.2, -0.15) is 18.3 Å². The highest BCUT2D eigenvalue weighted by molar-refractivity contribution is 9.10. The number of alkyl halides is 3. The van der Waals surface area contributed by atoms with Crippen LogP contribution in [-0.4, -0.2) is 47.2 Å². The molecule has 0 bridgehead atoms. The van der Waals surface area contributed by atoms with Gasteiger partial charge in [-0.15, -0.1) is 0 Å². The molecule has 3 aromatic heterocycles. The van der Waals surface area contributed by atoms with Crippen molar-refractivity contribution < 1.29 is 18.0 Å². The summed E-state index contributed by atoms with van der Waals surface area (Å²) >= 11 is 2.93. The van der Waals surface area contributed by atoms with E-state index in [-0.39, 0.29) is 34.5 Å². The van der Waals surface area contributed by atoms with Crippen molar-refractivity contribution in [2.24, 2.45) is 5.92 Å². The molecule has 44 heavy (non-hydrogen) atoms. The van der Waals surface area contributed by atoms with E-state index in [9.17, 15) is 22.8 Å². The van der Waals surface area contributed by atoms with E-state index < -0.39 is 23.7 Å². The first-order valence-electron chi connectivity index (χ1n) is 14.4. The summed E-state index contributed by atoms with van der Waals surface area (Å²) < 4.78 is 43.6. The fourth-order valence-corrected chi connectivity index (χ4v) is 6.47. The van der Waals surface area contributed by atoms with Crippen LogP contribution in [0.5, 0.6) is 0 Å². The molecule has 1 N–H and O–H groups in total. The van der Waals surface area contributed by atoms with E-state index in [0.29, 0.717) is 28.9 Å². The lowest BCUT2D eigenvalue weighted by Crippen LogP contribution is -2.46. The molecule has 0 spiro atoms. The number of anilines is 1. The van der Waals surface area contributed by atoms with Crippen LogP contribution in [0.4, 0.5) is 19.0 Å². The lowest BCUT2D eigenvalue weighted by Gasteiger charge is -2.35. The quantitative estimate of drug-likeness (QED) is 0.280. The molecule has 2 aliphatic rings. The molecule has 1 aliphatic heterocycles. The van der Waals surface area contributed by atoms with E-state index >= 15 is 0 Å². The Morgan fingerprint density at radius 3 is 2.45 bits per heavy atom. The van der Waals surface area contributed by atoms with Gasteiger partial charge in [0.25, 0.3) is 11.5 Å². The molecule has 1 aromatic carbocycles. The number of benzene rings is 1. The van der Waals surface area contributed by atoms with Crippen LogP contribution in [0.3, 0.4) is 0 Å². The molecule has 9 nitrogen and oxygen atoms in total. The summed E-state index contributed by atoms with van der Waals surface area (Å²) in [6.07, 6.45) is -0.649. The highest BCUT2D eigenvalue weighted by Gasteiger charge is 2.36. The van der Waals surface area contributed by atoms with Crippen molar-refractivity contribution in [3.05, 3.63) is 91.2 Å². The third-order valence-electron chi connectivity index (χ3n) is 8.31. The summed E-state index contributed by atoms with van der Waals surface area (Å²) in [5, 5.41) is 7.99. The normalized spacial score (nSPS) is 19.8. The minimum absolute atomic E-state index is 0.0456. The summed E-state index contributed by atoms with van der Waals surface area (Å²) in [6, 6.07) is 8.85. The third-order valence-corrected chi connectivity index (χ3v) is 9.00. The smallest absolute Gasteiger partial charge is 0.367 e. The third kappa shape index (κ3) is 5.53. The second-order valence-corrected chi connectivity index (χ2v) is 12.7. The first kappa shape index (κ1) is 30.0. The van der Waals surface area contributed by atoms with Gasteiger partial charge in [-0.3, -0.25) is 9.59 Å². The number of halogens is 4. The molecular formula is C31H31BrF3N7O2. The van der Waals surface area contributed by atoms with Gasteiger partial charge in [0.15, 0.2) is 0 Å². The number of pyridine rings is 1. The fraction of sp³-hybridized carbons (Fsp3) is 0.387. The Bertz CT molecular complexity index is 1810. The molecule has 230 valence electrons. The first-order chi connectivity index (χ1) is 20.8. The van der Waals surface area contributed by atoms with Crippen molar-refractivity contribution in [3.63, 3.8) is 0 Å². The molecule has 6 rings (SSSR count). The largest absolute Gasteiger partial charge is 0.417 e. The number of rotatable bonds is 5. The van der Waals surface area contributed by atoms with Gasteiger partial charge in [-0.25, -0.2) is 19.2 Å². The monoisotopic (exact) mass is 669 g/mol. The summed E-state index contributed by atoms with van der Waals surface area (Å²) in [7, 11) is 0. The van der Waals surface area contributed by atoms with Crippen molar-refractivity contribution in [2.45, 2.75) is 71.8 Å². The lowest BCUT2D eigenvalue weighted by atomic mass is 9.82. The number of nitrogens with zero attached hydrogens (tertiary/aromatic N) is 6. The van der Waals surface area contributed by atoms with Crippen LogP contribution in [-0.2, 0) is 19.1 Å². The van der Waals surface area contributed by atoms with Gasteiger partial charge in [0.2, 0.25) is 5.95 Å². The second-order valence-electron chi connectivity index (χ2n) is 11.8. The number of fused-ring (bicyclic) bond motifs is 1. The summed E-state index contributed by atoms with van der Waals surface area (Å²) in [5.41, 5.74) is 1.46. The Morgan fingerprint density at radius 2 is 1.84 bits per heavy atom. The van der Waals surface area contributed by atoms with Crippen molar-refractivity contribution in [3.8, 4) is 11.6 Å². The number of carbonyl (C=O) groups is 1. The Hall–Kier alpha value is -4.00. The van der Waals surface area contributed by atoms with Crippen LogP contribution < -0.4 is 10.9 Å². The van der Waals surface area contributed by atoms with Crippen LogP contribution in [0.2, 0.25) is 0 Å². The zero-order valence-corrected chi connectivity index (χ0v) is 26.2. The molecule has 1 aliphatic carbocycles. The van der Waals surface area contributed by atoms with Gasteiger partial charge in [0.1, 0.15) is 5.82 Å². The van der Waals surface area contributed by atoms with E-state index in [0.717, 1.165) is 36.1 Å². The maximum atomic E-state index is 14.2. The summed E-state index contributed by atoms with van der Waals surface area (Å²) in [5.74, 6) is 1.07. The predicted molar refractivity (Wildman–Crippen MR) is 162 cm³/mol. The minimum Gasteiger partial charge on any atom is -0.367 e. The Balaban J connectivity index is 1.39. The van der Waals surface area contributed by atoms with Gasteiger partial charge in [0.05, 0.1) is 35.4 Å². The Morgan fingerprint density at radius 1 is 1.09 bits per heavy atom. The SMILES string of the molecule is Cc1cc(C)n(-c2nc3c(c(=O)n2-c2ccc(N[C@H]4C[C@@H](C)C4)nc2)C[C@@H](C)N(C(=O)c2ccc(Br)c(C(F)(F)F)c2)C3)n1. The standard InChI is InChI=1S/C31H31BrF3N7O2/c1-16-9-21(10-16)37-27-8-6-22(14-36-27)41-29(44)23-12-18(3)40(15-26(23)38-30(41)42-19(4)11-17(2)39-42)28(43)20-5-7-25(32)24(13-20)31(33,34)35/h5-8,11,13-14,16,18,21H,9-10,12,15H2,1-4H3,(H,36,37)/t16-,18-,21+/m1/s1. The fourth-order valence-electron chi connectivity index (χ4n) is 6.00. The number of hydrogen-bond donors (Lipinski definition) is 1. The van der Waals surface area contributed by atoms with Gasteiger partial charge in [0, 0.05) is 33.4 Å². The zero-order chi connectivity index (χ0) is 31.5. The number of aryl methyl sites for hydroxylation is 2. The van der Waals surface area contributed by atoms with Crippen molar-refractivity contribution in [2.75, 3.05) is 5.32 Å². The van der Waals surface area contributed by atoms with Crippen LogP contribution in [0.25, 0.3) is 11.6 Å². The predicted octanol–water partition coefficient (Wildman–Crippen LogP) is 6.01. The minimum atomic E-state index is -4.63. The van der Waals surface area contributed by atoms with E-state index in [1.807, 2.05) is 32.0 Å². The van der Waals surface area contributed by atoms with E-state index in [1.54, 1.807) is 17.8 Å². The average Bonchev–Trinajstić information content (AvgIpc) is 3.29. The van der Waals surface area contributed by atoms with Gasteiger partial charge in [-0.05, 0) is 82.3 Å². The Kier molecular flexibility index (Phi) is 7.63. The molecular weight excluding hydrogens is 639 g/mol. The average molecular weight is 671 g/mol. The van der Waals surface area contributed by atoms with E-state index in [4.69, 9.17) is 4.98 Å². The second kappa shape index (κ2) is 11.2. The van der Waals surface area contributed by atoms with E-state index in [2.05, 4.69) is 38.3 Å². The maximum absolute atomic E-state index is 14.2. The number of aromatic nitrogens is 5. The molecule has 4 aromatic rings. The van der Waals surface area contributed by atoms with Crippen LogP contribution in [0.1, 0.15) is 65.3 Å². The highest BCUT2D eigenvalue weighted by atomic mass is 79.9. The molecule has 13 heteroatoms. The van der Waals surface area contributed by atoms with Crippen LogP contribution >= 0.6 is 15.9 Å². The molecule has 1 fully saturated rings. The molecule has 0 radical (unpaired) electrons. The van der Waals surface area contributed by atoms with E-state index in [1.165, 1.54) is 21.6 Å². The number of carbonyl (C=O) groups excluding carboxylic acids is 1. The maximum Gasteiger partial charge on any atom is 0.417 e. The summed E-state index contributed by atoms with van der Waals surface area (Å²) in [4.78, 5) is 38.6. The number of amides is 1. The highest BCUT2D eigenvalue weighted by Crippen LogP contribution is 2.36. The molecule has 0 saturated heterocycles. The van der Waals surface area contributed by atoms with Crippen LogP contribution in [0.15, 0.2) is 51.9 Å². The molecule has 0 unspecified atom stereocenters. The molecule has 1 amide bonds. The first-order valence-corrected chi connectivity index (χ1v) is 15.2. The van der Waals surface area contributed by atoms with Crippen molar-refractivity contribution in [1.29, 1.82) is 0 Å². The summed E-state index contributed by atoms with van der Waals surface area (Å²) in [6.45, 7) is 7.63. The molecule has 4 heterocycles. The van der Waals surface area contributed by atoms with Gasteiger partial charge >= 0.3 is 6.18 Å². The van der Waals surface area contributed by atoms with Gasteiger partial charge in [-0.1, -0.05) is 22.9 Å².